The number of carbonyl (C=O) groups excluding carboxylic acids is 1. The summed E-state index contributed by atoms with van der Waals surface area (Å²) >= 11 is 0. The topological polar surface area (TPSA) is 83.5 Å². The van der Waals surface area contributed by atoms with Crippen molar-refractivity contribution in [3.05, 3.63) is 29.8 Å². The van der Waals surface area contributed by atoms with Crippen LogP contribution in [0.2, 0.25) is 0 Å². The molecule has 2 N–H and O–H groups in total. The van der Waals surface area contributed by atoms with Crippen LogP contribution in [0.4, 0.5) is 0 Å². The zero-order valence-electron chi connectivity index (χ0n) is 11.6. The fourth-order valence-electron chi connectivity index (χ4n) is 2.08. The van der Waals surface area contributed by atoms with Crippen LogP contribution >= 0.6 is 0 Å². The smallest absolute Gasteiger partial charge is 0.252 e. The first-order valence-corrected chi connectivity index (χ1v) is 8.40. The van der Waals surface area contributed by atoms with Crippen molar-refractivity contribution < 1.29 is 18.3 Å². The Morgan fingerprint density at radius 1 is 1.45 bits per heavy atom. The third kappa shape index (κ3) is 3.37. The zero-order chi connectivity index (χ0) is 15.0. The van der Waals surface area contributed by atoms with E-state index in [2.05, 4.69) is 5.32 Å². The maximum absolute atomic E-state index is 11.9. The van der Waals surface area contributed by atoms with Crippen LogP contribution < -0.4 is 5.32 Å². The first kappa shape index (κ1) is 15.0. The van der Waals surface area contributed by atoms with E-state index in [1.807, 2.05) is 0 Å². The molecule has 0 spiro atoms. The minimum absolute atomic E-state index is 0.0323. The number of carbonyl (C=O) groups is 1. The Kier molecular flexibility index (Phi) is 3.88. The Labute approximate surface area is 118 Å². The van der Waals surface area contributed by atoms with E-state index in [4.69, 9.17) is 0 Å². The fraction of sp³-hybridized carbons (Fsp3) is 0.500. The Morgan fingerprint density at radius 2 is 2.10 bits per heavy atom. The molecule has 1 unspecified atom stereocenters. The molecule has 2 rings (SSSR count). The van der Waals surface area contributed by atoms with Crippen molar-refractivity contribution in [3.8, 4) is 0 Å². The van der Waals surface area contributed by atoms with E-state index in [0.717, 1.165) is 19.1 Å². The Morgan fingerprint density at radius 3 is 2.65 bits per heavy atom. The molecular formula is C14H19NO4S. The van der Waals surface area contributed by atoms with E-state index in [1.165, 1.54) is 19.1 Å². The van der Waals surface area contributed by atoms with Crippen molar-refractivity contribution in [2.45, 2.75) is 36.8 Å². The minimum atomic E-state index is -3.26. The number of hydrogen-bond acceptors (Lipinski definition) is 4. The lowest BCUT2D eigenvalue weighted by Crippen LogP contribution is -2.45. The van der Waals surface area contributed by atoms with E-state index in [0.29, 0.717) is 5.56 Å². The number of benzene rings is 1. The molecule has 0 aromatic heterocycles. The summed E-state index contributed by atoms with van der Waals surface area (Å²) in [5.41, 5.74) is -0.651. The zero-order valence-corrected chi connectivity index (χ0v) is 12.4. The summed E-state index contributed by atoms with van der Waals surface area (Å²) in [5, 5.41) is 12.7. The molecule has 1 saturated carbocycles. The summed E-state index contributed by atoms with van der Waals surface area (Å²) in [7, 11) is -3.26. The lowest BCUT2D eigenvalue weighted by Gasteiger charge is -2.21. The highest BCUT2D eigenvalue weighted by molar-refractivity contribution is 7.90. The van der Waals surface area contributed by atoms with Gasteiger partial charge in [0.1, 0.15) is 5.60 Å². The summed E-state index contributed by atoms with van der Waals surface area (Å²) < 4.78 is 22.9. The lowest BCUT2D eigenvalue weighted by molar-refractivity contribution is -0.140. The molecule has 5 nitrogen and oxygen atoms in total. The van der Waals surface area contributed by atoms with Gasteiger partial charge in [-0.2, -0.15) is 0 Å². The van der Waals surface area contributed by atoms with Gasteiger partial charge in [-0.25, -0.2) is 8.42 Å². The van der Waals surface area contributed by atoms with Gasteiger partial charge in [-0.05, 0) is 43.4 Å². The van der Waals surface area contributed by atoms with Gasteiger partial charge in [0.15, 0.2) is 9.84 Å². The Hall–Kier alpha value is -1.40. The summed E-state index contributed by atoms with van der Waals surface area (Å²) in [6.07, 6.45) is 2.87. The maximum atomic E-state index is 11.9. The monoisotopic (exact) mass is 297 g/mol. The summed E-state index contributed by atoms with van der Waals surface area (Å²) in [6.45, 7) is 1.72. The number of hydrogen-bond donors (Lipinski definition) is 2. The molecule has 1 fully saturated rings. The van der Waals surface area contributed by atoms with Gasteiger partial charge in [-0.3, -0.25) is 4.79 Å². The summed E-state index contributed by atoms with van der Waals surface area (Å²) in [4.78, 5) is 12.1. The van der Waals surface area contributed by atoms with Crippen LogP contribution in [-0.2, 0) is 21.2 Å². The highest BCUT2D eigenvalue weighted by Gasteiger charge is 2.45. The second kappa shape index (κ2) is 5.18. The van der Waals surface area contributed by atoms with Gasteiger partial charge in [0.05, 0.1) is 4.90 Å². The van der Waals surface area contributed by atoms with Crippen LogP contribution in [0.15, 0.2) is 29.2 Å². The largest absolute Gasteiger partial charge is 0.380 e. The molecule has 1 atom stereocenters. The number of nitrogens with one attached hydrogen (secondary N) is 1. The van der Waals surface area contributed by atoms with E-state index in [1.54, 1.807) is 12.1 Å². The van der Waals surface area contributed by atoms with Crippen LogP contribution in [-0.4, -0.2) is 31.3 Å². The molecule has 0 heterocycles. The predicted molar refractivity (Wildman–Crippen MR) is 74.7 cm³/mol. The molecule has 1 aliphatic rings. The quantitative estimate of drug-likeness (QED) is 0.844. The van der Waals surface area contributed by atoms with E-state index in [9.17, 15) is 18.3 Å². The average Bonchev–Trinajstić information content (AvgIpc) is 3.19. The van der Waals surface area contributed by atoms with Crippen LogP contribution in [0.5, 0.6) is 0 Å². The van der Waals surface area contributed by atoms with Crippen LogP contribution in [0.1, 0.15) is 25.3 Å². The van der Waals surface area contributed by atoms with E-state index in [-0.39, 0.29) is 17.4 Å². The van der Waals surface area contributed by atoms with Gasteiger partial charge in [-0.1, -0.05) is 12.1 Å². The second-order valence-corrected chi connectivity index (χ2v) is 7.54. The molecular weight excluding hydrogens is 278 g/mol. The molecule has 0 saturated heterocycles. The van der Waals surface area contributed by atoms with Crippen molar-refractivity contribution in [1.29, 1.82) is 0 Å². The number of aliphatic hydroxyl groups is 1. The molecule has 0 aliphatic heterocycles. The van der Waals surface area contributed by atoms with Gasteiger partial charge in [-0.15, -0.1) is 0 Å². The number of sulfone groups is 1. The van der Waals surface area contributed by atoms with Crippen LogP contribution in [0, 0.1) is 5.92 Å². The average molecular weight is 297 g/mol. The van der Waals surface area contributed by atoms with Crippen molar-refractivity contribution >= 4 is 15.7 Å². The van der Waals surface area contributed by atoms with Crippen molar-refractivity contribution in [2.75, 3.05) is 6.26 Å². The first-order valence-electron chi connectivity index (χ1n) is 6.51. The molecule has 110 valence electrons. The van der Waals surface area contributed by atoms with Gasteiger partial charge < -0.3 is 10.4 Å². The van der Waals surface area contributed by atoms with Gasteiger partial charge in [0.25, 0.3) is 5.91 Å². The molecule has 1 aliphatic carbocycles. The lowest BCUT2D eigenvalue weighted by atomic mass is 9.99. The Bertz CT molecular complexity index is 618. The molecule has 1 amide bonds. The molecule has 20 heavy (non-hydrogen) atoms. The minimum Gasteiger partial charge on any atom is -0.380 e. The van der Waals surface area contributed by atoms with Crippen LogP contribution in [0.25, 0.3) is 0 Å². The third-order valence-corrected chi connectivity index (χ3v) is 4.72. The number of amides is 1. The van der Waals surface area contributed by atoms with Crippen molar-refractivity contribution in [3.63, 3.8) is 0 Å². The van der Waals surface area contributed by atoms with Gasteiger partial charge >= 0.3 is 0 Å². The maximum Gasteiger partial charge on any atom is 0.252 e. The molecule has 6 heteroatoms. The number of rotatable bonds is 5. The molecule has 0 radical (unpaired) electrons. The highest BCUT2D eigenvalue weighted by atomic mass is 32.2. The van der Waals surface area contributed by atoms with Crippen molar-refractivity contribution in [2.24, 2.45) is 5.92 Å². The summed E-state index contributed by atoms with van der Waals surface area (Å²) in [5.74, 6) is -0.380. The standard InChI is InChI=1S/C14H19NO4S/c1-14(17,11-6-7-11)13(16)15-9-10-4-3-5-12(8-10)20(2,18)19/h3-5,8,11,17H,6-7,9H2,1-2H3,(H,15,16). The highest BCUT2D eigenvalue weighted by Crippen LogP contribution is 2.39. The van der Waals surface area contributed by atoms with E-state index >= 15 is 0 Å². The first-order chi connectivity index (χ1) is 9.21. The van der Waals surface area contributed by atoms with E-state index < -0.39 is 21.3 Å². The van der Waals surface area contributed by atoms with Crippen molar-refractivity contribution in [1.82, 2.24) is 5.32 Å². The summed E-state index contributed by atoms with van der Waals surface area (Å²) in [6, 6.07) is 6.42. The third-order valence-electron chi connectivity index (χ3n) is 3.61. The predicted octanol–water partition coefficient (Wildman–Crippen LogP) is 0.867. The fourth-order valence-corrected chi connectivity index (χ4v) is 2.77. The van der Waals surface area contributed by atoms with Crippen LogP contribution in [0.3, 0.4) is 0 Å². The molecule has 0 bridgehead atoms. The second-order valence-electron chi connectivity index (χ2n) is 5.52. The normalized spacial score (nSPS) is 18.4. The molecule has 1 aromatic carbocycles. The Balaban J connectivity index is 2.02. The SMILES string of the molecule is CC(O)(C(=O)NCc1cccc(S(C)(=O)=O)c1)C1CC1. The molecule has 1 aromatic rings. The van der Waals surface area contributed by atoms with Gasteiger partial charge in [0.2, 0.25) is 0 Å². The van der Waals surface area contributed by atoms with Gasteiger partial charge in [0, 0.05) is 12.8 Å².